The van der Waals surface area contributed by atoms with Gasteiger partial charge in [0, 0.05) is 16.1 Å². The summed E-state index contributed by atoms with van der Waals surface area (Å²) in [6.07, 6.45) is 0. The Balaban J connectivity index is 1.55. The van der Waals surface area contributed by atoms with Crippen LogP contribution in [0.3, 0.4) is 0 Å². The summed E-state index contributed by atoms with van der Waals surface area (Å²) in [5, 5.41) is 3.40. The lowest BCUT2D eigenvalue weighted by Gasteiger charge is -2.15. The van der Waals surface area contributed by atoms with Crippen LogP contribution in [0.4, 0.5) is 5.69 Å². The Morgan fingerprint density at radius 1 is 0.829 bits per heavy atom. The van der Waals surface area contributed by atoms with Crippen molar-refractivity contribution in [3.63, 3.8) is 0 Å². The second kappa shape index (κ2) is 11.4. The highest BCUT2D eigenvalue weighted by Gasteiger charge is 2.15. The fraction of sp³-hybridized carbons (Fsp3) is 0.138. The number of halogens is 1. The number of anilines is 1. The highest BCUT2D eigenvalue weighted by Crippen LogP contribution is 2.33. The average Bonchev–Trinajstić information content (AvgIpc) is 2.86. The van der Waals surface area contributed by atoms with Crippen molar-refractivity contribution in [3.05, 3.63) is 113 Å². The minimum atomic E-state index is -0.301. The first-order chi connectivity index (χ1) is 17.0. The van der Waals surface area contributed by atoms with Crippen molar-refractivity contribution in [2.24, 2.45) is 0 Å². The van der Waals surface area contributed by atoms with Crippen LogP contribution in [0.15, 0.2) is 91.0 Å². The van der Waals surface area contributed by atoms with Crippen LogP contribution in [0.25, 0.3) is 0 Å². The molecule has 0 heterocycles. The van der Waals surface area contributed by atoms with Crippen molar-refractivity contribution in [3.8, 4) is 23.0 Å². The number of carbonyl (C=O) groups excluding carboxylic acids is 1. The Kier molecular flexibility index (Phi) is 7.91. The van der Waals surface area contributed by atoms with Crippen LogP contribution in [0.2, 0.25) is 5.02 Å². The van der Waals surface area contributed by atoms with Gasteiger partial charge >= 0.3 is 0 Å². The Morgan fingerprint density at radius 3 is 2.37 bits per heavy atom. The zero-order valence-corrected chi connectivity index (χ0v) is 20.3. The van der Waals surface area contributed by atoms with Gasteiger partial charge in [-0.1, -0.05) is 41.9 Å². The molecule has 0 aliphatic carbocycles. The molecule has 0 aliphatic rings. The molecular weight excluding hydrogens is 462 g/mol. The second-order valence-corrected chi connectivity index (χ2v) is 8.31. The Hall–Kier alpha value is -3.96. The van der Waals surface area contributed by atoms with Gasteiger partial charge in [-0.15, -0.1) is 0 Å². The van der Waals surface area contributed by atoms with Crippen LogP contribution in [0.1, 0.15) is 28.4 Å². The lowest BCUT2D eigenvalue weighted by molar-refractivity contribution is 0.102. The van der Waals surface area contributed by atoms with Gasteiger partial charge in [0.2, 0.25) is 0 Å². The van der Waals surface area contributed by atoms with E-state index in [-0.39, 0.29) is 12.5 Å². The van der Waals surface area contributed by atoms with E-state index in [4.69, 9.17) is 25.8 Å². The summed E-state index contributed by atoms with van der Waals surface area (Å²) in [5.41, 5.74) is 2.81. The van der Waals surface area contributed by atoms with Crippen LogP contribution in [0.5, 0.6) is 23.0 Å². The Morgan fingerprint density at radius 2 is 1.60 bits per heavy atom. The van der Waals surface area contributed by atoms with Gasteiger partial charge in [0.25, 0.3) is 5.91 Å². The fourth-order valence-electron chi connectivity index (χ4n) is 3.49. The summed E-state index contributed by atoms with van der Waals surface area (Å²) in [4.78, 5) is 13.2. The first-order valence-electron chi connectivity index (χ1n) is 11.3. The zero-order chi connectivity index (χ0) is 24.6. The molecule has 0 saturated heterocycles. The zero-order valence-electron chi connectivity index (χ0n) is 19.6. The summed E-state index contributed by atoms with van der Waals surface area (Å²) >= 11 is 6.20. The predicted molar refractivity (Wildman–Crippen MR) is 139 cm³/mol. The number of amides is 1. The minimum absolute atomic E-state index is 0.263. The molecule has 6 heteroatoms. The van der Waals surface area contributed by atoms with E-state index >= 15 is 0 Å². The molecule has 0 spiro atoms. The van der Waals surface area contributed by atoms with E-state index in [1.54, 1.807) is 36.4 Å². The molecule has 4 aromatic rings. The smallest absolute Gasteiger partial charge is 0.255 e. The van der Waals surface area contributed by atoms with Gasteiger partial charge in [-0.05, 0) is 80.1 Å². The molecule has 5 nitrogen and oxygen atoms in total. The van der Waals surface area contributed by atoms with Gasteiger partial charge < -0.3 is 19.5 Å². The molecule has 1 N–H and O–H groups in total. The molecule has 1 amide bonds. The standard InChI is InChI=1S/C29H26ClNO4/c1-3-33-27-14-12-21(17-22(27)19-34-25-11-7-8-20(2)16-25)29(32)31-26-18-23(30)13-15-28(26)35-24-9-5-4-6-10-24/h4-18H,3,19H2,1-2H3,(H,31,32). The van der Waals surface area contributed by atoms with Crippen LogP contribution >= 0.6 is 11.6 Å². The quantitative estimate of drug-likeness (QED) is 0.263. The van der Waals surface area contributed by atoms with Crippen LogP contribution in [-0.4, -0.2) is 12.5 Å². The third-order valence-electron chi connectivity index (χ3n) is 5.17. The number of nitrogens with one attached hydrogen (secondary N) is 1. The Labute approximate surface area is 210 Å². The number of benzene rings is 4. The third-order valence-corrected chi connectivity index (χ3v) is 5.40. The maximum Gasteiger partial charge on any atom is 0.255 e. The molecule has 0 aliphatic heterocycles. The van der Waals surface area contributed by atoms with Crippen molar-refractivity contribution < 1.29 is 19.0 Å². The van der Waals surface area contributed by atoms with E-state index in [9.17, 15) is 4.79 Å². The number of hydrogen-bond donors (Lipinski definition) is 1. The van der Waals surface area contributed by atoms with Crippen molar-refractivity contribution >= 4 is 23.2 Å². The number of aryl methyl sites for hydroxylation is 1. The van der Waals surface area contributed by atoms with E-state index < -0.39 is 0 Å². The van der Waals surface area contributed by atoms with Crippen LogP contribution < -0.4 is 19.5 Å². The van der Waals surface area contributed by atoms with Gasteiger partial charge in [-0.2, -0.15) is 0 Å². The average molecular weight is 488 g/mol. The van der Waals surface area contributed by atoms with Gasteiger partial charge in [0.05, 0.1) is 12.3 Å². The number of para-hydroxylation sites is 1. The fourth-order valence-corrected chi connectivity index (χ4v) is 3.67. The van der Waals surface area contributed by atoms with Crippen molar-refractivity contribution in [2.45, 2.75) is 20.5 Å². The van der Waals surface area contributed by atoms with E-state index in [0.717, 1.165) is 16.9 Å². The monoisotopic (exact) mass is 487 g/mol. The molecule has 0 saturated carbocycles. The number of hydrogen-bond acceptors (Lipinski definition) is 4. The SMILES string of the molecule is CCOc1ccc(C(=O)Nc2cc(Cl)ccc2Oc2ccccc2)cc1COc1cccc(C)c1. The maximum absolute atomic E-state index is 13.2. The largest absolute Gasteiger partial charge is 0.493 e. The molecule has 4 aromatic carbocycles. The van der Waals surface area contributed by atoms with Crippen molar-refractivity contribution in [2.75, 3.05) is 11.9 Å². The molecular formula is C29H26ClNO4. The first kappa shape index (κ1) is 24.2. The summed E-state index contributed by atoms with van der Waals surface area (Å²) < 4.78 is 17.7. The molecule has 0 unspecified atom stereocenters. The van der Waals surface area contributed by atoms with Gasteiger partial charge in [0.15, 0.2) is 5.75 Å². The van der Waals surface area contributed by atoms with Crippen molar-refractivity contribution in [1.82, 2.24) is 0 Å². The highest BCUT2D eigenvalue weighted by molar-refractivity contribution is 6.31. The normalized spacial score (nSPS) is 10.5. The van der Waals surface area contributed by atoms with Gasteiger partial charge in [-0.25, -0.2) is 0 Å². The highest BCUT2D eigenvalue weighted by atomic mass is 35.5. The molecule has 4 rings (SSSR count). The molecule has 35 heavy (non-hydrogen) atoms. The van der Waals surface area contributed by atoms with Crippen molar-refractivity contribution in [1.29, 1.82) is 0 Å². The molecule has 0 aromatic heterocycles. The van der Waals surface area contributed by atoms with E-state index in [1.165, 1.54) is 0 Å². The molecule has 178 valence electrons. The van der Waals surface area contributed by atoms with E-state index in [0.29, 0.717) is 40.1 Å². The number of ether oxygens (including phenoxy) is 3. The molecule has 0 radical (unpaired) electrons. The predicted octanol–water partition coefficient (Wildman–Crippen LogP) is 7.67. The van der Waals surface area contributed by atoms with E-state index in [1.807, 2.05) is 68.4 Å². The van der Waals surface area contributed by atoms with Gasteiger partial charge in [0.1, 0.15) is 23.9 Å². The molecule has 0 bridgehead atoms. The van der Waals surface area contributed by atoms with Crippen LogP contribution in [0, 0.1) is 6.92 Å². The third kappa shape index (κ3) is 6.55. The van der Waals surface area contributed by atoms with E-state index in [2.05, 4.69) is 5.32 Å². The summed E-state index contributed by atoms with van der Waals surface area (Å²) in [6, 6.07) is 27.5. The molecule has 0 atom stereocenters. The first-order valence-corrected chi connectivity index (χ1v) is 11.7. The second-order valence-electron chi connectivity index (χ2n) is 7.87. The minimum Gasteiger partial charge on any atom is -0.493 e. The lowest BCUT2D eigenvalue weighted by Crippen LogP contribution is -2.13. The summed E-state index contributed by atoms with van der Waals surface area (Å²) in [5.74, 6) is 2.27. The summed E-state index contributed by atoms with van der Waals surface area (Å²) in [7, 11) is 0. The summed E-state index contributed by atoms with van der Waals surface area (Å²) in [6.45, 7) is 4.69. The Bertz CT molecular complexity index is 1310. The molecule has 0 fully saturated rings. The topological polar surface area (TPSA) is 56.8 Å². The maximum atomic E-state index is 13.2. The lowest BCUT2D eigenvalue weighted by atomic mass is 10.1. The van der Waals surface area contributed by atoms with Gasteiger partial charge in [-0.3, -0.25) is 4.79 Å². The number of rotatable bonds is 9. The number of carbonyl (C=O) groups is 1. The van der Waals surface area contributed by atoms with Crippen LogP contribution in [-0.2, 0) is 6.61 Å².